The molecule has 0 saturated heterocycles. The summed E-state index contributed by atoms with van der Waals surface area (Å²) in [5.41, 5.74) is 1.21. The van der Waals surface area contributed by atoms with Crippen LogP contribution in [-0.4, -0.2) is 27.6 Å². The highest BCUT2D eigenvalue weighted by Crippen LogP contribution is 2.32. The van der Waals surface area contributed by atoms with Gasteiger partial charge in [0.2, 0.25) is 11.8 Å². The largest absolute Gasteiger partial charge is 0.477 e. The standard InChI is InChI=1S/C19H26N4O3/c1-4-11-25-19-15(10-9-12(2)20-19)17(24)21-13(3)18-22-16(23-26-18)14-7-5-6-8-14/h9-10,13-14H,4-8,11H2,1-3H3,(H,21,24). The summed E-state index contributed by atoms with van der Waals surface area (Å²) >= 11 is 0. The molecule has 1 amide bonds. The van der Waals surface area contributed by atoms with Gasteiger partial charge in [0.05, 0.1) is 6.61 Å². The van der Waals surface area contributed by atoms with Crippen molar-refractivity contribution >= 4 is 5.91 Å². The van der Waals surface area contributed by atoms with Crippen molar-refractivity contribution in [2.75, 3.05) is 6.61 Å². The highest BCUT2D eigenvalue weighted by Gasteiger charge is 2.25. The zero-order chi connectivity index (χ0) is 18.5. The van der Waals surface area contributed by atoms with Gasteiger partial charge in [-0.3, -0.25) is 4.79 Å². The molecule has 1 aliphatic rings. The van der Waals surface area contributed by atoms with Gasteiger partial charge in [-0.25, -0.2) is 4.98 Å². The lowest BCUT2D eigenvalue weighted by Gasteiger charge is -2.13. The molecule has 26 heavy (non-hydrogen) atoms. The number of rotatable bonds is 7. The van der Waals surface area contributed by atoms with Crippen molar-refractivity contribution in [3.63, 3.8) is 0 Å². The van der Waals surface area contributed by atoms with Gasteiger partial charge in [-0.05, 0) is 45.2 Å². The molecule has 0 aromatic carbocycles. The Balaban J connectivity index is 1.69. The molecule has 1 atom stereocenters. The Bertz CT molecular complexity index is 753. The maximum atomic E-state index is 12.7. The zero-order valence-electron chi connectivity index (χ0n) is 15.6. The fourth-order valence-electron chi connectivity index (χ4n) is 3.12. The SMILES string of the molecule is CCCOc1nc(C)ccc1C(=O)NC(C)c1nc(C2CCCC2)no1. The molecule has 0 bridgehead atoms. The van der Waals surface area contributed by atoms with Crippen LogP contribution in [0.3, 0.4) is 0 Å². The van der Waals surface area contributed by atoms with E-state index in [-0.39, 0.29) is 11.9 Å². The maximum Gasteiger partial charge on any atom is 0.257 e. The summed E-state index contributed by atoms with van der Waals surface area (Å²) in [4.78, 5) is 21.5. The molecular formula is C19H26N4O3. The molecule has 140 valence electrons. The van der Waals surface area contributed by atoms with E-state index in [0.29, 0.717) is 29.9 Å². The fraction of sp³-hybridized carbons (Fsp3) is 0.579. The summed E-state index contributed by atoms with van der Waals surface area (Å²) in [5.74, 6) is 1.65. The summed E-state index contributed by atoms with van der Waals surface area (Å²) in [6.45, 7) is 6.22. The van der Waals surface area contributed by atoms with E-state index in [1.807, 2.05) is 20.8 Å². The van der Waals surface area contributed by atoms with Crippen LogP contribution in [0, 0.1) is 6.92 Å². The minimum absolute atomic E-state index is 0.267. The number of carbonyl (C=O) groups is 1. The topological polar surface area (TPSA) is 90.1 Å². The Hall–Kier alpha value is -2.44. The van der Waals surface area contributed by atoms with Crippen molar-refractivity contribution in [2.45, 2.75) is 64.8 Å². The predicted octanol–water partition coefficient (Wildman–Crippen LogP) is 3.71. The van der Waals surface area contributed by atoms with Crippen LogP contribution in [-0.2, 0) is 0 Å². The molecule has 1 saturated carbocycles. The van der Waals surface area contributed by atoms with Crippen molar-refractivity contribution in [1.82, 2.24) is 20.4 Å². The summed E-state index contributed by atoms with van der Waals surface area (Å²) < 4.78 is 11.0. The third-order valence-electron chi connectivity index (χ3n) is 4.58. The van der Waals surface area contributed by atoms with Crippen LogP contribution in [0.2, 0.25) is 0 Å². The number of pyridine rings is 1. The van der Waals surface area contributed by atoms with E-state index in [1.165, 1.54) is 12.8 Å². The van der Waals surface area contributed by atoms with Crippen LogP contribution >= 0.6 is 0 Å². The Morgan fingerprint density at radius 3 is 2.85 bits per heavy atom. The summed E-state index contributed by atoms with van der Waals surface area (Å²) in [7, 11) is 0. The van der Waals surface area contributed by atoms with Gasteiger partial charge in [0.15, 0.2) is 5.82 Å². The third-order valence-corrected chi connectivity index (χ3v) is 4.58. The van der Waals surface area contributed by atoms with Gasteiger partial charge < -0.3 is 14.6 Å². The van der Waals surface area contributed by atoms with Gasteiger partial charge in [0, 0.05) is 11.6 Å². The van der Waals surface area contributed by atoms with Crippen molar-refractivity contribution in [2.24, 2.45) is 0 Å². The number of hydrogen-bond acceptors (Lipinski definition) is 6. The quantitative estimate of drug-likeness (QED) is 0.811. The maximum absolute atomic E-state index is 12.7. The van der Waals surface area contributed by atoms with E-state index in [2.05, 4.69) is 20.4 Å². The number of hydrogen-bond donors (Lipinski definition) is 1. The molecule has 1 aliphatic carbocycles. The van der Waals surface area contributed by atoms with Gasteiger partial charge in [-0.1, -0.05) is 24.9 Å². The number of aromatic nitrogens is 3. The van der Waals surface area contributed by atoms with Crippen molar-refractivity contribution < 1.29 is 14.1 Å². The highest BCUT2D eigenvalue weighted by atomic mass is 16.5. The smallest absolute Gasteiger partial charge is 0.257 e. The Labute approximate surface area is 153 Å². The van der Waals surface area contributed by atoms with E-state index in [4.69, 9.17) is 9.26 Å². The van der Waals surface area contributed by atoms with Gasteiger partial charge in [0.25, 0.3) is 5.91 Å². The lowest BCUT2D eigenvalue weighted by Crippen LogP contribution is -2.27. The lowest BCUT2D eigenvalue weighted by molar-refractivity contribution is 0.0927. The van der Waals surface area contributed by atoms with Crippen molar-refractivity contribution in [3.05, 3.63) is 35.1 Å². The van der Waals surface area contributed by atoms with E-state index in [9.17, 15) is 4.79 Å². The number of aryl methyl sites for hydroxylation is 1. The van der Waals surface area contributed by atoms with Gasteiger partial charge in [-0.2, -0.15) is 4.98 Å². The van der Waals surface area contributed by atoms with Crippen LogP contribution in [0.1, 0.15) is 85.7 Å². The second-order valence-electron chi connectivity index (χ2n) is 6.82. The van der Waals surface area contributed by atoms with E-state index >= 15 is 0 Å². The van der Waals surface area contributed by atoms with Gasteiger partial charge in [-0.15, -0.1) is 0 Å². The first-order valence-electron chi connectivity index (χ1n) is 9.33. The van der Waals surface area contributed by atoms with Gasteiger partial charge >= 0.3 is 0 Å². The highest BCUT2D eigenvalue weighted by molar-refractivity contribution is 5.96. The minimum Gasteiger partial charge on any atom is -0.477 e. The third kappa shape index (κ3) is 4.20. The number of ether oxygens (including phenoxy) is 1. The van der Waals surface area contributed by atoms with Crippen LogP contribution in [0.4, 0.5) is 0 Å². The van der Waals surface area contributed by atoms with Crippen LogP contribution in [0.25, 0.3) is 0 Å². The van der Waals surface area contributed by atoms with Crippen molar-refractivity contribution in [1.29, 1.82) is 0 Å². The van der Waals surface area contributed by atoms with Crippen LogP contribution < -0.4 is 10.1 Å². The zero-order valence-corrected chi connectivity index (χ0v) is 15.6. The molecule has 3 rings (SSSR count). The second-order valence-corrected chi connectivity index (χ2v) is 6.82. The number of nitrogens with zero attached hydrogens (tertiary/aromatic N) is 3. The number of amides is 1. The molecule has 0 aliphatic heterocycles. The molecule has 0 spiro atoms. The molecule has 7 heteroatoms. The molecule has 2 heterocycles. The summed E-state index contributed by atoms with van der Waals surface area (Å²) in [6, 6.07) is 3.14. The summed E-state index contributed by atoms with van der Waals surface area (Å²) in [5, 5.41) is 6.99. The van der Waals surface area contributed by atoms with E-state index in [1.54, 1.807) is 12.1 Å². The first-order chi connectivity index (χ1) is 12.6. The average Bonchev–Trinajstić information content (AvgIpc) is 3.30. The molecule has 7 nitrogen and oxygen atoms in total. The Morgan fingerprint density at radius 1 is 1.35 bits per heavy atom. The molecular weight excluding hydrogens is 332 g/mol. The first kappa shape index (κ1) is 18.4. The molecule has 1 unspecified atom stereocenters. The molecule has 1 N–H and O–H groups in total. The molecule has 2 aromatic rings. The predicted molar refractivity (Wildman–Crippen MR) is 96.1 cm³/mol. The second kappa shape index (κ2) is 8.29. The first-order valence-corrected chi connectivity index (χ1v) is 9.33. The lowest BCUT2D eigenvalue weighted by atomic mass is 10.1. The monoisotopic (exact) mass is 358 g/mol. The van der Waals surface area contributed by atoms with E-state index in [0.717, 1.165) is 30.8 Å². The van der Waals surface area contributed by atoms with Crippen LogP contribution in [0.5, 0.6) is 5.88 Å². The Kier molecular flexibility index (Phi) is 5.85. The molecule has 2 aromatic heterocycles. The van der Waals surface area contributed by atoms with Gasteiger partial charge in [0.1, 0.15) is 11.6 Å². The average molecular weight is 358 g/mol. The number of carbonyl (C=O) groups excluding carboxylic acids is 1. The minimum atomic E-state index is -0.384. The summed E-state index contributed by atoms with van der Waals surface area (Å²) in [6.07, 6.45) is 5.47. The van der Waals surface area contributed by atoms with E-state index < -0.39 is 0 Å². The van der Waals surface area contributed by atoms with Crippen LogP contribution in [0.15, 0.2) is 16.7 Å². The fourth-order valence-corrected chi connectivity index (χ4v) is 3.12. The molecule has 0 radical (unpaired) electrons. The normalized spacial score (nSPS) is 15.8. The molecule has 1 fully saturated rings. The van der Waals surface area contributed by atoms with Crippen molar-refractivity contribution in [3.8, 4) is 5.88 Å². The number of nitrogens with one attached hydrogen (secondary N) is 1. The Morgan fingerprint density at radius 2 is 2.12 bits per heavy atom.